The van der Waals surface area contributed by atoms with Crippen molar-refractivity contribution in [2.24, 2.45) is 0 Å². The van der Waals surface area contributed by atoms with Crippen molar-refractivity contribution in [3.8, 4) is 22.3 Å². The Balaban J connectivity index is 1.40. The molecule has 2 unspecified atom stereocenters. The van der Waals surface area contributed by atoms with Gasteiger partial charge in [0.15, 0.2) is 0 Å². The van der Waals surface area contributed by atoms with Crippen molar-refractivity contribution in [2.75, 3.05) is 0 Å². The molecule has 6 aromatic carbocycles. The number of hydrogen-bond donors (Lipinski definition) is 0. The number of aryl methyl sites for hydroxylation is 4. The average Bonchev–Trinajstić information content (AvgIpc) is 3.72. The van der Waals surface area contributed by atoms with Gasteiger partial charge in [0.05, 0.1) is 0 Å². The van der Waals surface area contributed by atoms with Crippen molar-refractivity contribution in [1.82, 2.24) is 0 Å². The zero-order chi connectivity index (χ0) is 34.4. The summed E-state index contributed by atoms with van der Waals surface area (Å²) in [5.41, 5.74) is 22.1. The van der Waals surface area contributed by atoms with Crippen molar-refractivity contribution >= 4 is 12.2 Å². The van der Waals surface area contributed by atoms with E-state index < -0.39 is 20.0 Å². The summed E-state index contributed by atoms with van der Waals surface area (Å²) in [6, 6.07) is 51.7. The summed E-state index contributed by atoms with van der Waals surface area (Å²) >= 11 is -3.36. The number of benzene rings is 6. The van der Waals surface area contributed by atoms with Crippen molar-refractivity contribution in [3.63, 3.8) is 0 Å². The van der Waals surface area contributed by atoms with E-state index in [1.165, 1.54) is 66.8 Å². The molecule has 0 saturated carbocycles. The quantitative estimate of drug-likeness (QED) is 0.156. The molecule has 1 aliphatic heterocycles. The second kappa shape index (κ2) is 11.6. The Morgan fingerprint density at radius 2 is 0.760 bits per heavy atom. The van der Waals surface area contributed by atoms with Crippen molar-refractivity contribution in [1.29, 1.82) is 0 Å². The topological polar surface area (TPSA) is 0 Å². The second-order valence-electron chi connectivity index (χ2n) is 15.7. The summed E-state index contributed by atoms with van der Waals surface area (Å²) < 4.78 is 6.42. The predicted octanol–water partition coefficient (Wildman–Crippen LogP) is 13.1. The third-order valence-corrected chi connectivity index (χ3v) is 27.3. The van der Waals surface area contributed by atoms with E-state index in [0.29, 0.717) is 7.35 Å². The number of rotatable bonds is 4. The fourth-order valence-electron chi connectivity index (χ4n) is 9.80. The van der Waals surface area contributed by atoms with Gasteiger partial charge in [0, 0.05) is 0 Å². The minimum atomic E-state index is -3.36. The van der Waals surface area contributed by atoms with Gasteiger partial charge < -0.3 is 0 Å². The summed E-state index contributed by atoms with van der Waals surface area (Å²) in [5.74, 6) is 0. The molecule has 9 rings (SSSR count). The monoisotopic (exact) mass is 812 g/mol. The molecule has 0 spiro atoms. The molecule has 1 heterocycles. The average molecular weight is 811 g/mol. The van der Waals surface area contributed by atoms with Gasteiger partial charge in [-0.25, -0.2) is 0 Å². The molecule has 2 aliphatic carbocycles. The Kier molecular flexibility index (Phi) is 7.34. The normalized spacial score (nSPS) is 19.2. The molecule has 2 atom stereocenters. The van der Waals surface area contributed by atoms with Crippen molar-refractivity contribution in [2.45, 2.75) is 49.8 Å². The van der Waals surface area contributed by atoms with Gasteiger partial charge in [0.1, 0.15) is 0 Å². The minimum absolute atomic E-state index is 0.389. The van der Waals surface area contributed by atoms with Crippen LogP contribution >= 0.6 is 0 Å². The van der Waals surface area contributed by atoms with Gasteiger partial charge in [0.2, 0.25) is 0 Å². The molecule has 0 bridgehead atoms. The van der Waals surface area contributed by atoms with E-state index >= 15 is 0 Å². The van der Waals surface area contributed by atoms with Crippen LogP contribution in [0.3, 0.4) is 0 Å². The van der Waals surface area contributed by atoms with Crippen LogP contribution in [0.4, 0.5) is 0 Å². The van der Waals surface area contributed by atoms with Gasteiger partial charge in [0.25, 0.3) is 0 Å². The molecule has 0 nitrogen and oxygen atoms in total. The van der Waals surface area contributed by atoms with E-state index in [9.17, 15) is 0 Å². The molecule has 244 valence electrons. The van der Waals surface area contributed by atoms with Crippen LogP contribution in [0.2, 0.25) is 9.36 Å². The van der Waals surface area contributed by atoms with Crippen LogP contribution in [0.1, 0.15) is 63.0 Å². The van der Waals surface area contributed by atoms with Crippen molar-refractivity contribution in [3.05, 3.63) is 200 Å². The summed E-state index contributed by atoms with van der Waals surface area (Å²) in [6.45, 7) is 8.79. The van der Waals surface area contributed by atoms with E-state index in [1.54, 1.807) is 22.3 Å². The SMILES string of the molecule is Cc1ccc(-c2cccc3c2C=C2[CH]3[Hf]([CH3])([CH3])[CH]3C(=Cc4c(-c5ccc(C)cc5)cccc43)C2(c2ccc(C)cc2)c2ccc(C)cc2)cc1. The van der Waals surface area contributed by atoms with Gasteiger partial charge in [-0.15, -0.1) is 0 Å². The number of fused-ring (bicyclic) bond motifs is 6. The molecular formula is C49H44Hf. The van der Waals surface area contributed by atoms with Crippen LogP contribution in [-0.4, -0.2) is 0 Å². The molecule has 0 amide bonds. The molecule has 50 heavy (non-hydrogen) atoms. The third-order valence-electron chi connectivity index (χ3n) is 12.2. The summed E-state index contributed by atoms with van der Waals surface area (Å²) in [6.07, 6.45) is 5.33. The first kappa shape index (κ1) is 31.6. The Hall–Kier alpha value is -4.33. The zero-order valence-corrected chi connectivity index (χ0v) is 33.6. The summed E-state index contributed by atoms with van der Waals surface area (Å²) in [7, 11) is 0. The number of allylic oxidation sites excluding steroid dienone is 2. The maximum absolute atomic E-state index is 3.36. The van der Waals surface area contributed by atoms with Gasteiger partial charge in [-0.3, -0.25) is 0 Å². The van der Waals surface area contributed by atoms with Crippen LogP contribution in [0.15, 0.2) is 145 Å². The first-order valence-corrected chi connectivity index (χ1v) is 29.5. The van der Waals surface area contributed by atoms with E-state index in [-0.39, 0.29) is 5.41 Å². The van der Waals surface area contributed by atoms with Crippen LogP contribution in [0, 0.1) is 27.7 Å². The Morgan fingerprint density at radius 3 is 1.12 bits per heavy atom. The molecule has 0 N–H and O–H groups in total. The van der Waals surface area contributed by atoms with Crippen LogP contribution < -0.4 is 0 Å². The molecule has 1 fully saturated rings. The van der Waals surface area contributed by atoms with Crippen LogP contribution in [0.25, 0.3) is 34.4 Å². The molecule has 3 aliphatic rings. The Labute approximate surface area is 302 Å². The first-order chi connectivity index (χ1) is 24.2. The fraction of sp³-hybridized carbons (Fsp3) is 0.184. The van der Waals surface area contributed by atoms with E-state index in [4.69, 9.17) is 0 Å². The van der Waals surface area contributed by atoms with Gasteiger partial charge in [-0.05, 0) is 0 Å². The Bertz CT molecular complexity index is 2180. The molecule has 0 radical (unpaired) electrons. The Morgan fingerprint density at radius 1 is 0.420 bits per heavy atom. The van der Waals surface area contributed by atoms with Crippen LogP contribution in [0.5, 0.6) is 0 Å². The third kappa shape index (κ3) is 4.59. The zero-order valence-electron chi connectivity index (χ0n) is 30.0. The molecule has 0 aromatic heterocycles. The van der Waals surface area contributed by atoms with E-state index in [2.05, 4.69) is 183 Å². The van der Waals surface area contributed by atoms with E-state index in [0.717, 1.165) is 0 Å². The molecule has 6 aromatic rings. The summed E-state index contributed by atoms with van der Waals surface area (Å²) in [5, 5.41) is 0. The van der Waals surface area contributed by atoms with E-state index in [1.807, 2.05) is 0 Å². The van der Waals surface area contributed by atoms with Crippen LogP contribution in [-0.2, 0) is 25.4 Å². The molecule has 1 heteroatoms. The van der Waals surface area contributed by atoms with Gasteiger partial charge in [-0.2, -0.15) is 0 Å². The second-order valence-corrected chi connectivity index (χ2v) is 33.0. The predicted molar refractivity (Wildman–Crippen MR) is 210 cm³/mol. The van der Waals surface area contributed by atoms with Gasteiger partial charge >= 0.3 is 304 Å². The number of hydrogen-bond acceptors (Lipinski definition) is 0. The maximum atomic E-state index is 2.76. The van der Waals surface area contributed by atoms with Gasteiger partial charge in [-0.1, -0.05) is 0 Å². The summed E-state index contributed by atoms with van der Waals surface area (Å²) in [4.78, 5) is 0. The standard InChI is InChI=1S/C47H38.2CH3.Hf/c1-31-11-19-35(20-12-31)43-9-5-7-37-27-41(29-45(37)43)47(39-23-15-33(3)16-24-39,40-25-17-34(4)18-26-40)42-28-38-8-6-10-44(46(38)30-42)36-21-13-32(2)14-22-36;;;/h5-30H,1-4H3;2*1H3;. The molecular weight excluding hydrogens is 767 g/mol. The van der Waals surface area contributed by atoms with Crippen molar-refractivity contribution < 1.29 is 20.0 Å². The fourth-order valence-corrected chi connectivity index (χ4v) is 26.5. The molecule has 1 saturated heterocycles. The first-order valence-electron chi connectivity index (χ1n) is 18.2.